The standard InChI is InChI=1S/C26H31FN6O3S/c27-21-4-7-24(29-18-21)30-26-33(9-1-8-28-25(34)32-12-16-36-17-13-32)23(19-37-26)20-2-5-22(6-3-20)31-10-14-35-15-11-31/h2-7,18-19H,1,8-17H2,(H,28,34)/b30-26-. The van der Waals surface area contributed by atoms with E-state index in [1.807, 2.05) is 0 Å². The summed E-state index contributed by atoms with van der Waals surface area (Å²) in [5.41, 5.74) is 3.30. The topological polar surface area (TPSA) is 84.2 Å². The summed E-state index contributed by atoms with van der Waals surface area (Å²) >= 11 is 1.52. The molecular weight excluding hydrogens is 495 g/mol. The Hall–Kier alpha value is -3.28. The Balaban J connectivity index is 1.33. The second-order valence-corrected chi connectivity index (χ2v) is 9.67. The molecule has 196 valence electrons. The van der Waals surface area contributed by atoms with Gasteiger partial charge in [-0.2, -0.15) is 0 Å². The van der Waals surface area contributed by atoms with Crippen molar-refractivity contribution in [2.45, 2.75) is 13.0 Å². The van der Waals surface area contributed by atoms with E-state index in [1.54, 1.807) is 11.0 Å². The van der Waals surface area contributed by atoms with E-state index in [4.69, 9.17) is 9.47 Å². The zero-order valence-electron chi connectivity index (χ0n) is 20.6. The number of hydrogen-bond donors (Lipinski definition) is 1. The van der Waals surface area contributed by atoms with E-state index >= 15 is 0 Å². The lowest BCUT2D eigenvalue weighted by atomic mass is 10.1. The van der Waals surface area contributed by atoms with Crippen LogP contribution in [0.25, 0.3) is 11.3 Å². The van der Waals surface area contributed by atoms with Gasteiger partial charge >= 0.3 is 6.03 Å². The number of amides is 2. The van der Waals surface area contributed by atoms with Crippen molar-refractivity contribution in [1.82, 2.24) is 19.8 Å². The molecule has 1 N–H and O–H groups in total. The summed E-state index contributed by atoms with van der Waals surface area (Å²) in [5, 5.41) is 5.10. The highest BCUT2D eigenvalue weighted by Crippen LogP contribution is 2.25. The van der Waals surface area contributed by atoms with E-state index in [1.165, 1.54) is 29.3 Å². The fraction of sp³-hybridized carbons (Fsp3) is 0.423. The van der Waals surface area contributed by atoms with E-state index in [9.17, 15) is 9.18 Å². The number of thiazole rings is 1. The number of hydrogen-bond acceptors (Lipinski definition) is 7. The Labute approximate surface area is 219 Å². The average molecular weight is 527 g/mol. The molecule has 9 nitrogen and oxygen atoms in total. The van der Waals surface area contributed by atoms with Crippen molar-refractivity contribution in [2.75, 3.05) is 64.1 Å². The van der Waals surface area contributed by atoms with Gasteiger partial charge in [0.1, 0.15) is 5.82 Å². The molecule has 1 aromatic carbocycles. The van der Waals surface area contributed by atoms with Gasteiger partial charge in [0.15, 0.2) is 10.6 Å². The number of nitrogens with zero attached hydrogens (tertiary/aromatic N) is 5. The SMILES string of the molecule is O=C(NCCCn1c(-c2ccc(N3CCOCC3)cc2)cs/c1=N\c1ccc(F)cn1)N1CCOCC1. The van der Waals surface area contributed by atoms with E-state index in [0.717, 1.165) is 48.8 Å². The summed E-state index contributed by atoms with van der Waals surface area (Å²) in [5.74, 6) is 0.0573. The van der Waals surface area contributed by atoms with Crippen LogP contribution in [0.4, 0.5) is 20.7 Å². The van der Waals surface area contributed by atoms with E-state index in [2.05, 4.69) is 54.4 Å². The zero-order valence-corrected chi connectivity index (χ0v) is 21.5. The zero-order chi connectivity index (χ0) is 25.5. The number of nitrogens with one attached hydrogen (secondary N) is 1. The third-order valence-electron chi connectivity index (χ3n) is 6.39. The third-order valence-corrected chi connectivity index (χ3v) is 7.26. The molecule has 2 aliphatic rings. The second kappa shape index (κ2) is 12.3. The summed E-state index contributed by atoms with van der Waals surface area (Å²) in [6, 6.07) is 11.4. The van der Waals surface area contributed by atoms with Gasteiger partial charge in [0.2, 0.25) is 0 Å². The minimum atomic E-state index is -0.393. The Morgan fingerprint density at radius 3 is 2.46 bits per heavy atom. The minimum Gasteiger partial charge on any atom is -0.378 e. The van der Waals surface area contributed by atoms with Gasteiger partial charge in [0.25, 0.3) is 0 Å². The fourth-order valence-corrected chi connectivity index (χ4v) is 5.32. The van der Waals surface area contributed by atoms with Gasteiger partial charge in [-0.05, 0) is 36.2 Å². The van der Waals surface area contributed by atoms with Gasteiger partial charge < -0.3 is 29.2 Å². The van der Waals surface area contributed by atoms with Crippen molar-refractivity contribution in [3.63, 3.8) is 0 Å². The van der Waals surface area contributed by atoms with Crippen molar-refractivity contribution in [3.05, 3.63) is 58.6 Å². The number of carbonyl (C=O) groups is 1. The monoisotopic (exact) mass is 526 g/mol. The van der Waals surface area contributed by atoms with Gasteiger partial charge in [0.05, 0.1) is 38.3 Å². The highest BCUT2D eigenvalue weighted by molar-refractivity contribution is 7.07. The van der Waals surface area contributed by atoms with Gasteiger partial charge in [0, 0.05) is 50.3 Å². The Bertz CT molecular complexity index is 1230. The molecule has 37 heavy (non-hydrogen) atoms. The smallest absolute Gasteiger partial charge is 0.317 e. The summed E-state index contributed by atoms with van der Waals surface area (Å²) < 4.78 is 26.3. The van der Waals surface area contributed by atoms with E-state index in [0.29, 0.717) is 45.2 Å². The van der Waals surface area contributed by atoms with Crippen molar-refractivity contribution < 1.29 is 18.7 Å². The van der Waals surface area contributed by atoms with Crippen LogP contribution < -0.4 is 15.0 Å². The molecule has 2 amide bonds. The van der Waals surface area contributed by atoms with Crippen molar-refractivity contribution in [2.24, 2.45) is 4.99 Å². The Kier molecular flexibility index (Phi) is 8.44. The lowest BCUT2D eigenvalue weighted by Gasteiger charge is -2.29. The number of pyridine rings is 1. The summed E-state index contributed by atoms with van der Waals surface area (Å²) in [4.78, 5) is 26.1. The molecule has 0 unspecified atom stereocenters. The predicted octanol–water partition coefficient (Wildman–Crippen LogP) is 3.25. The molecule has 0 aliphatic carbocycles. The lowest BCUT2D eigenvalue weighted by Crippen LogP contribution is -2.46. The van der Waals surface area contributed by atoms with Gasteiger partial charge in [-0.3, -0.25) is 0 Å². The van der Waals surface area contributed by atoms with E-state index in [-0.39, 0.29) is 6.03 Å². The van der Waals surface area contributed by atoms with Crippen LogP contribution in [0.1, 0.15) is 6.42 Å². The number of anilines is 1. The minimum absolute atomic E-state index is 0.0574. The molecule has 2 fully saturated rings. The highest BCUT2D eigenvalue weighted by atomic mass is 32.1. The van der Waals surface area contributed by atoms with Crippen LogP contribution in [0, 0.1) is 5.82 Å². The van der Waals surface area contributed by atoms with E-state index < -0.39 is 5.82 Å². The maximum Gasteiger partial charge on any atom is 0.317 e. The Morgan fingerprint density at radius 2 is 1.76 bits per heavy atom. The van der Waals surface area contributed by atoms with Gasteiger partial charge in [-0.25, -0.2) is 19.2 Å². The molecule has 3 aromatic rings. The summed E-state index contributed by atoms with van der Waals surface area (Å²) in [6.45, 7) is 6.86. The molecule has 2 aliphatic heterocycles. The number of benzene rings is 1. The average Bonchev–Trinajstić information content (AvgIpc) is 3.35. The molecule has 0 saturated carbocycles. The molecule has 0 radical (unpaired) electrons. The number of aromatic nitrogens is 2. The van der Waals surface area contributed by atoms with Crippen LogP contribution in [-0.4, -0.2) is 79.6 Å². The highest BCUT2D eigenvalue weighted by Gasteiger charge is 2.16. The van der Waals surface area contributed by atoms with Crippen LogP contribution in [0.15, 0.2) is 53.0 Å². The number of ether oxygens (including phenoxy) is 2. The first-order valence-corrected chi connectivity index (χ1v) is 13.4. The van der Waals surface area contributed by atoms with Crippen molar-refractivity contribution in [1.29, 1.82) is 0 Å². The largest absolute Gasteiger partial charge is 0.378 e. The summed E-state index contributed by atoms with van der Waals surface area (Å²) in [6.07, 6.45) is 1.90. The van der Waals surface area contributed by atoms with Crippen molar-refractivity contribution in [3.8, 4) is 11.3 Å². The maximum atomic E-state index is 13.3. The maximum absolute atomic E-state index is 13.3. The fourth-order valence-electron chi connectivity index (χ4n) is 4.37. The first kappa shape index (κ1) is 25.4. The molecule has 2 aromatic heterocycles. The number of carbonyl (C=O) groups excluding carboxylic acids is 1. The predicted molar refractivity (Wildman–Crippen MR) is 141 cm³/mol. The van der Waals surface area contributed by atoms with Crippen molar-refractivity contribution >= 4 is 28.9 Å². The van der Waals surface area contributed by atoms with Crippen LogP contribution >= 0.6 is 11.3 Å². The molecule has 2 saturated heterocycles. The first-order valence-electron chi connectivity index (χ1n) is 12.6. The van der Waals surface area contributed by atoms with Crippen LogP contribution in [0.3, 0.4) is 0 Å². The molecule has 0 spiro atoms. The van der Waals surface area contributed by atoms with Crippen LogP contribution in [0.2, 0.25) is 0 Å². The summed E-state index contributed by atoms with van der Waals surface area (Å²) in [7, 11) is 0. The van der Waals surface area contributed by atoms with Crippen LogP contribution in [0.5, 0.6) is 0 Å². The third kappa shape index (κ3) is 6.54. The number of halogens is 1. The second-order valence-electron chi connectivity index (χ2n) is 8.83. The van der Waals surface area contributed by atoms with Gasteiger partial charge in [-0.15, -0.1) is 11.3 Å². The first-order chi connectivity index (χ1) is 18.2. The molecule has 4 heterocycles. The number of urea groups is 1. The molecule has 5 rings (SSSR count). The quantitative estimate of drug-likeness (QED) is 0.478. The van der Waals surface area contributed by atoms with Crippen LogP contribution in [-0.2, 0) is 16.0 Å². The molecule has 11 heteroatoms. The number of rotatable bonds is 7. The molecule has 0 bridgehead atoms. The number of morpholine rings is 2. The molecule has 0 atom stereocenters. The molecular formula is C26H31FN6O3S. The normalized spacial score (nSPS) is 16.7. The van der Waals surface area contributed by atoms with Gasteiger partial charge in [-0.1, -0.05) is 12.1 Å². The lowest BCUT2D eigenvalue weighted by molar-refractivity contribution is 0.0532. The Morgan fingerprint density at radius 1 is 1.03 bits per heavy atom.